The molecule has 4 N–H and O–H groups in total. The highest BCUT2D eigenvalue weighted by atomic mass is 16.3. The maximum atomic E-state index is 11.6. The number of rotatable bonds is 6. The molecule has 2 rings (SSSR count). The Balaban J connectivity index is 1.69. The third-order valence-electron chi connectivity index (χ3n) is 3.35. The van der Waals surface area contributed by atoms with Gasteiger partial charge in [0.2, 0.25) is 5.91 Å². The molecule has 4 nitrogen and oxygen atoms in total. The molecule has 1 saturated carbocycles. The van der Waals surface area contributed by atoms with Gasteiger partial charge in [-0.05, 0) is 36.8 Å². The Kier molecular flexibility index (Phi) is 4.20. The minimum atomic E-state index is -0.379. The normalized spacial score (nSPS) is 16.3. The molecule has 0 spiro atoms. The summed E-state index contributed by atoms with van der Waals surface area (Å²) in [6, 6.07) is 7.57. The summed E-state index contributed by atoms with van der Waals surface area (Å²) in [5.74, 6) is 0.369. The SMILES string of the molecule is Nc1ccccc1CCC(=O)NCC(O)C1CC1. The number of anilines is 1. The molecule has 0 saturated heterocycles. The summed E-state index contributed by atoms with van der Waals surface area (Å²) < 4.78 is 0. The van der Waals surface area contributed by atoms with E-state index in [4.69, 9.17) is 5.73 Å². The molecule has 18 heavy (non-hydrogen) atoms. The molecule has 1 unspecified atom stereocenters. The maximum Gasteiger partial charge on any atom is 0.220 e. The first kappa shape index (κ1) is 12.9. The number of amides is 1. The van der Waals surface area contributed by atoms with Crippen molar-refractivity contribution in [1.29, 1.82) is 0 Å². The average Bonchev–Trinajstić information content (AvgIpc) is 3.19. The van der Waals surface area contributed by atoms with Crippen LogP contribution in [0.15, 0.2) is 24.3 Å². The maximum absolute atomic E-state index is 11.6. The molecular weight excluding hydrogens is 228 g/mol. The molecule has 1 aromatic rings. The molecule has 1 amide bonds. The third kappa shape index (κ3) is 3.74. The van der Waals surface area contributed by atoms with Gasteiger partial charge in [0, 0.05) is 18.7 Å². The fourth-order valence-electron chi connectivity index (χ4n) is 1.96. The zero-order valence-corrected chi connectivity index (χ0v) is 10.4. The number of nitrogens with one attached hydrogen (secondary N) is 1. The van der Waals surface area contributed by atoms with Crippen LogP contribution in [0.3, 0.4) is 0 Å². The summed E-state index contributed by atoms with van der Waals surface area (Å²) in [5.41, 5.74) is 7.53. The zero-order valence-electron chi connectivity index (χ0n) is 10.4. The van der Waals surface area contributed by atoms with E-state index in [1.807, 2.05) is 24.3 Å². The lowest BCUT2D eigenvalue weighted by molar-refractivity contribution is -0.121. The summed E-state index contributed by atoms with van der Waals surface area (Å²) in [5, 5.41) is 12.4. The molecule has 0 aromatic heterocycles. The van der Waals surface area contributed by atoms with Crippen molar-refractivity contribution in [3.05, 3.63) is 29.8 Å². The fraction of sp³-hybridized carbons (Fsp3) is 0.500. The van der Waals surface area contributed by atoms with Gasteiger partial charge in [-0.1, -0.05) is 18.2 Å². The molecule has 98 valence electrons. The van der Waals surface area contributed by atoms with Gasteiger partial charge in [0.25, 0.3) is 0 Å². The number of aliphatic hydroxyl groups excluding tert-OH is 1. The number of carbonyl (C=O) groups excluding carboxylic acids is 1. The standard InChI is InChI=1S/C14H20N2O2/c15-12-4-2-1-3-10(12)7-8-14(18)16-9-13(17)11-5-6-11/h1-4,11,13,17H,5-9,15H2,(H,16,18). The predicted octanol–water partition coefficient (Wildman–Crippen LogP) is 1.09. The third-order valence-corrected chi connectivity index (χ3v) is 3.35. The topological polar surface area (TPSA) is 75.4 Å². The second-order valence-corrected chi connectivity index (χ2v) is 4.91. The van der Waals surface area contributed by atoms with E-state index in [-0.39, 0.29) is 12.0 Å². The number of aryl methyl sites for hydroxylation is 1. The number of hydrogen-bond acceptors (Lipinski definition) is 3. The summed E-state index contributed by atoms with van der Waals surface area (Å²) in [6.07, 6.45) is 2.83. The van der Waals surface area contributed by atoms with E-state index in [0.717, 1.165) is 24.1 Å². The molecular formula is C14H20N2O2. The quantitative estimate of drug-likeness (QED) is 0.660. The van der Waals surface area contributed by atoms with Crippen LogP contribution in [0, 0.1) is 5.92 Å². The van der Waals surface area contributed by atoms with E-state index in [2.05, 4.69) is 5.32 Å². The second kappa shape index (κ2) is 5.87. The monoisotopic (exact) mass is 248 g/mol. The van der Waals surface area contributed by atoms with Crippen molar-refractivity contribution in [2.24, 2.45) is 5.92 Å². The molecule has 1 aliphatic carbocycles. The van der Waals surface area contributed by atoms with E-state index >= 15 is 0 Å². The first-order chi connectivity index (χ1) is 8.66. The average molecular weight is 248 g/mol. The lowest BCUT2D eigenvalue weighted by atomic mass is 10.1. The minimum Gasteiger partial charge on any atom is -0.399 e. The Morgan fingerprint density at radius 1 is 1.44 bits per heavy atom. The molecule has 0 aliphatic heterocycles. The number of nitrogen functional groups attached to an aromatic ring is 1. The first-order valence-corrected chi connectivity index (χ1v) is 6.45. The van der Waals surface area contributed by atoms with E-state index in [1.54, 1.807) is 0 Å². The van der Waals surface area contributed by atoms with E-state index < -0.39 is 0 Å². The molecule has 0 heterocycles. The van der Waals surface area contributed by atoms with Crippen molar-refractivity contribution < 1.29 is 9.90 Å². The zero-order chi connectivity index (χ0) is 13.0. The number of aliphatic hydroxyl groups is 1. The van der Waals surface area contributed by atoms with Crippen molar-refractivity contribution in [1.82, 2.24) is 5.32 Å². The molecule has 0 radical (unpaired) electrons. The summed E-state index contributed by atoms with van der Waals surface area (Å²) in [4.78, 5) is 11.6. The van der Waals surface area contributed by atoms with E-state index in [9.17, 15) is 9.90 Å². The molecule has 1 aromatic carbocycles. The summed E-state index contributed by atoms with van der Waals surface area (Å²) >= 11 is 0. The number of hydrogen-bond donors (Lipinski definition) is 3. The second-order valence-electron chi connectivity index (χ2n) is 4.91. The van der Waals surface area contributed by atoms with Gasteiger partial charge in [-0.2, -0.15) is 0 Å². The lowest BCUT2D eigenvalue weighted by Gasteiger charge is -2.11. The van der Waals surface area contributed by atoms with Crippen LogP contribution in [-0.4, -0.2) is 23.7 Å². The van der Waals surface area contributed by atoms with Gasteiger partial charge in [0.1, 0.15) is 0 Å². The van der Waals surface area contributed by atoms with Gasteiger partial charge in [-0.15, -0.1) is 0 Å². The lowest BCUT2D eigenvalue weighted by Crippen LogP contribution is -2.33. The van der Waals surface area contributed by atoms with Crippen molar-refractivity contribution in [3.63, 3.8) is 0 Å². The Labute approximate surface area is 107 Å². The Morgan fingerprint density at radius 3 is 2.83 bits per heavy atom. The number of carbonyl (C=O) groups is 1. The van der Waals surface area contributed by atoms with Crippen molar-refractivity contribution >= 4 is 11.6 Å². The van der Waals surface area contributed by atoms with Crippen LogP contribution in [0.2, 0.25) is 0 Å². The van der Waals surface area contributed by atoms with Crippen LogP contribution in [0.4, 0.5) is 5.69 Å². The van der Waals surface area contributed by atoms with Crippen LogP contribution in [-0.2, 0) is 11.2 Å². The number of para-hydroxylation sites is 1. The fourth-order valence-corrected chi connectivity index (χ4v) is 1.96. The van der Waals surface area contributed by atoms with Crippen LogP contribution in [0.1, 0.15) is 24.8 Å². The summed E-state index contributed by atoms with van der Waals surface area (Å²) in [6.45, 7) is 0.369. The van der Waals surface area contributed by atoms with Gasteiger partial charge >= 0.3 is 0 Å². The molecule has 1 atom stereocenters. The first-order valence-electron chi connectivity index (χ1n) is 6.45. The van der Waals surface area contributed by atoms with Crippen LogP contribution >= 0.6 is 0 Å². The van der Waals surface area contributed by atoms with Crippen molar-refractivity contribution in [2.45, 2.75) is 31.8 Å². The van der Waals surface area contributed by atoms with Crippen molar-refractivity contribution in [2.75, 3.05) is 12.3 Å². The molecule has 1 aliphatic rings. The van der Waals surface area contributed by atoms with Crippen LogP contribution in [0.25, 0.3) is 0 Å². The Bertz CT molecular complexity index is 416. The molecule has 0 bridgehead atoms. The van der Waals surface area contributed by atoms with Gasteiger partial charge in [0.05, 0.1) is 6.10 Å². The number of nitrogens with two attached hydrogens (primary N) is 1. The highest BCUT2D eigenvalue weighted by Crippen LogP contribution is 2.32. The van der Waals surface area contributed by atoms with Gasteiger partial charge in [0.15, 0.2) is 0 Å². The smallest absolute Gasteiger partial charge is 0.220 e. The molecule has 1 fully saturated rings. The van der Waals surface area contributed by atoms with Gasteiger partial charge in [-0.3, -0.25) is 4.79 Å². The highest BCUT2D eigenvalue weighted by molar-refractivity contribution is 5.76. The Hall–Kier alpha value is -1.55. The van der Waals surface area contributed by atoms with Gasteiger partial charge < -0.3 is 16.2 Å². The van der Waals surface area contributed by atoms with Crippen molar-refractivity contribution in [3.8, 4) is 0 Å². The molecule has 4 heteroatoms. The number of benzene rings is 1. The Morgan fingerprint density at radius 2 is 2.17 bits per heavy atom. The highest BCUT2D eigenvalue weighted by Gasteiger charge is 2.29. The van der Waals surface area contributed by atoms with E-state index in [0.29, 0.717) is 25.3 Å². The predicted molar refractivity (Wildman–Crippen MR) is 70.9 cm³/mol. The summed E-state index contributed by atoms with van der Waals surface area (Å²) in [7, 11) is 0. The minimum absolute atomic E-state index is 0.0297. The van der Waals surface area contributed by atoms with Crippen LogP contribution < -0.4 is 11.1 Å². The largest absolute Gasteiger partial charge is 0.399 e. The van der Waals surface area contributed by atoms with Crippen LogP contribution in [0.5, 0.6) is 0 Å². The van der Waals surface area contributed by atoms with E-state index in [1.165, 1.54) is 0 Å². The van der Waals surface area contributed by atoms with Gasteiger partial charge in [-0.25, -0.2) is 0 Å².